The lowest BCUT2D eigenvalue weighted by atomic mass is 10.1. The van der Waals surface area contributed by atoms with Crippen molar-refractivity contribution < 1.29 is 14.6 Å². The number of hydrogen-bond donors (Lipinski definition) is 1. The highest BCUT2D eigenvalue weighted by Crippen LogP contribution is 2.48. The summed E-state index contributed by atoms with van der Waals surface area (Å²) in [6.45, 7) is 8.85. The summed E-state index contributed by atoms with van der Waals surface area (Å²) in [5.41, 5.74) is 2.56. The van der Waals surface area contributed by atoms with E-state index in [9.17, 15) is 9.90 Å². The van der Waals surface area contributed by atoms with Gasteiger partial charge in [0.1, 0.15) is 0 Å². The normalized spacial score (nSPS) is 25.0. The standard InChI is InChI=1S/C20H30N2O3/c1-3-25-14-17(23)13-21-7-9-22(10-8-21)20(24)19-12-18(19)16-6-4-5-15(2)11-16/h4-6,11,17-19,23H,3,7-10,12-14H2,1-2H3/t17-,18+,19+/m1/s1. The third kappa shape index (κ3) is 4.81. The molecule has 0 bridgehead atoms. The van der Waals surface area contributed by atoms with Crippen LogP contribution in [-0.2, 0) is 9.53 Å². The maximum atomic E-state index is 12.7. The molecule has 1 saturated heterocycles. The van der Waals surface area contributed by atoms with Crippen molar-refractivity contribution in [1.29, 1.82) is 0 Å². The third-order valence-corrected chi connectivity index (χ3v) is 5.25. The smallest absolute Gasteiger partial charge is 0.226 e. The molecule has 1 aliphatic heterocycles. The zero-order valence-corrected chi connectivity index (χ0v) is 15.4. The van der Waals surface area contributed by atoms with E-state index in [-0.39, 0.29) is 5.92 Å². The van der Waals surface area contributed by atoms with Crippen LogP contribution in [0, 0.1) is 12.8 Å². The van der Waals surface area contributed by atoms with Crippen LogP contribution in [0.2, 0.25) is 0 Å². The van der Waals surface area contributed by atoms with Gasteiger partial charge < -0.3 is 14.7 Å². The second-order valence-corrected chi connectivity index (χ2v) is 7.30. The number of ether oxygens (including phenoxy) is 1. The summed E-state index contributed by atoms with van der Waals surface area (Å²) < 4.78 is 5.26. The molecule has 1 saturated carbocycles. The van der Waals surface area contributed by atoms with Crippen LogP contribution in [0.1, 0.15) is 30.4 Å². The number of amides is 1. The van der Waals surface area contributed by atoms with Gasteiger partial charge in [0, 0.05) is 45.2 Å². The van der Waals surface area contributed by atoms with Crippen molar-refractivity contribution in [1.82, 2.24) is 9.80 Å². The number of nitrogens with zero attached hydrogens (tertiary/aromatic N) is 2. The first-order chi connectivity index (χ1) is 12.1. The van der Waals surface area contributed by atoms with Crippen LogP contribution in [0.5, 0.6) is 0 Å². The molecule has 1 aromatic rings. The number of β-amino-alcohol motifs (C(OH)–C–C–N with tert-alkyl or cyclic N) is 1. The first-order valence-electron chi connectivity index (χ1n) is 9.42. The van der Waals surface area contributed by atoms with Crippen molar-refractivity contribution in [2.24, 2.45) is 5.92 Å². The fourth-order valence-electron chi connectivity index (χ4n) is 3.73. The zero-order valence-electron chi connectivity index (χ0n) is 15.4. The van der Waals surface area contributed by atoms with Gasteiger partial charge in [0.05, 0.1) is 12.7 Å². The Morgan fingerprint density at radius 1 is 1.32 bits per heavy atom. The lowest BCUT2D eigenvalue weighted by Crippen LogP contribution is -2.51. The van der Waals surface area contributed by atoms with Gasteiger partial charge in [0.15, 0.2) is 0 Å². The van der Waals surface area contributed by atoms with Gasteiger partial charge in [-0.3, -0.25) is 9.69 Å². The van der Waals surface area contributed by atoms with Crippen LogP contribution in [-0.4, -0.2) is 72.9 Å². The minimum atomic E-state index is -0.448. The number of carbonyl (C=O) groups is 1. The van der Waals surface area contributed by atoms with Crippen molar-refractivity contribution in [3.05, 3.63) is 35.4 Å². The Morgan fingerprint density at radius 2 is 2.08 bits per heavy atom. The lowest BCUT2D eigenvalue weighted by Gasteiger charge is -2.35. The molecule has 1 amide bonds. The molecule has 25 heavy (non-hydrogen) atoms. The molecule has 3 rings (SSSR count). The summed E-state index contributed by atoms with van der Waals surface area (Å²) in [5.74, 6) is 0.872. The fraction of sp³-hybridized carbons (Fsp3) is 0.650. The molecule has 0 spiro atoms. The Hall–Kier alpha value is -1.43. The van der Waals surface area contributed by atoms with Gasteiger partial charge in [0.2, 0.25) is 5.91 Å². The van der Waals surface area contributed by atoms with Crippen molar-refractivity contribution in [3.63, 3.8) is 0 Å². The number of aliphatic hydroxyl groups is 1. The maximum absolute atomic E-state index is 12.7. The second-order valence-electron chi connectivity index (χ2n) is 7.30. The van der Waals surface area contributed by atoms with Gasteiger partial charge in [-0.2, -0.15) is 0 Å². The summed E-state index contributed by atoms with van der Waals surface area (Å²) >= 11 is 0. The van der Waals surface area contributed by atoms with E-state index < -0.39 is 6.10 Å². The van der Waals surface area contributed by atoms with Crippen molar-refractivity contribution in [2.45, 2.75) is 32.3 Å². The van der Waals surface area contributed by atoms with Crippen molar-refractivity contribution >= 4 is 5.91 Å². The Balaban J connectivity index is 1.43. The van der Waals surface area contributed by atoms with E-state index in [2.05, 4.69) is 36.1 Å². The predicted octanol–water partition coefficient (Wildman–Crippen LogP) is 1.64. The lowest BCUT2D eigenvalue weighted by molar-refractivity contribution is -0.134. The molecule has 1 aliphatic carbocycles. The van der Waals surface area contributed by atoms with Crippen LogP contribution in [0.3, 0.4) is 0 Å². The van der Waals surface area contributed by atoms with Crippen LogP contribution in [0.25, 0.3) is 0 Å². The summed E-state index contributed by atoms with van der Waals surface area (Å²) in [6.07, 6.45) is 0.534. The summed E-state index contributed by atoms with van der Waals surface area (Å²) in [4.78, 5) is 17.0. The number of rotatable bonds is 7. The van der Waals surface area contributed by atoms with Crippen LogP contribution in [0.15, 0.2) is 24.3 Å². The molecule has 5 nitrogen and oxygen atoms in total. The predicted molar refractivity (Wildman–Crippen MR) is 97.5 cm³/mol. The average molecular weight is 346 g/mol. The maximum Gasteiger partial charge on any atom is 0.226 e. The highest BCUT2D eigenvalue weighted by molar-refractivity contribution is 5.83. The van der Waals surface area contributed by atoms with Gasteiger partial charge in [0.25, 0.3) is 0 Å². The second kappa shape index (κ2) is 8.30. The third-order valence-electron chi connectivity index (χ3n) is 5.25. The van der Waals surface area contributed by atoms with Crippen LogP contribution >= 0.6 is 0 Å². The number of piperazine rings is 1. The van der Waals surface area contributed by atoms with E-state index in [1.807, 2.05) is 11.8 Å². The monoisotopic (exact) mass is 346 g/mol. The first kappa shape index (κ1) is 18.4. The molecule has 2 aliphatic rings. The summed E-state index contributed by atoms with van der Waals surface area (Å²) in [6, 6.07) is 8.52. The van der Waals surface area contributed by atoms with Crippen LogP contribution in [0.4, 0.5) is 0 Å². The van der Waals surface area contributed by atoms with E-state index in [0.29, 0.717) is 31.6 Å². The molecule has 0 radical (unpaired) electrons. The van der Waals surface area contributed by atoms with E-state index in [1.54, 1.807) is 0 Å². The Morgan fingerprint density at radius 3 is 2.76 bits per heavy atom. The molecular formula is C20H30N2O3. The molecule has 1 heterocycles. The van der Waals surface area contributed by atoms with E-state index in [4.69, 9.17) is 4.74 Å². The molecular weight excluding hydrogens is 316 g/mol. The van der Waals surface area contributed by atoms with E-state index in [0.717, 1.165) is 32.6 Å². The number of aliphatic hydroxyl groups excluding tert-OH is 1. The van der Waals surface area contributed by atoms with Gasteiger partial charge in [-0.05, 0) is 31.7 Å². The van der Waals surface area contributed by atoms with Gasteiger partial charge in [-0.1, -0.05) is 29.8 Å². The molecule has 138 valence electrons. The number of aryl methyl sites for hydroxylation is 1. The van der Waals surface area contributed by atoms with Gasteiger partial charge in [-0.25, -0.2) is 0 Å². The zero-order chi connectivity index (χ0) is 17.8. The largest absolute Gasteiger partial charge is 0.389 e. The van der Waals surface area contributed by atoms with E-state index >= 15 is 0 Å². The summed E-state index contributed by atoms with van der Waals surface area (Å²) in [5, 5.41) is 9.94. The Kier molecular flexibility index (Phi) is 6.10. The highest BCUT2D eigenvalue weighted by Gasteiger charge is 2.46. The highest BCUT2D eigenvalue weighted by atomic mass is 16.5. The number of benzene rings is 1. The average Bonchev–Trinajstić information content (AvgIpc) is 3.41. The molecule has 2 fully saturated rings. The van der Waals surface area contributed by atoms with E-state index in [1.165, 1.54) is 11.1 Å². The van der Waals surface area contributed by atoms with Crippen LogP contribution < -0.4 is 0 Å². The molecule has 1 N–H and O–H groups in total. The molecule has 3 atom stereocenters. The summed E-state index contributed by atoms with van der Waals surface area (Å²) in [7, 11) is 0. The molecule has 5 heteroatoms. The SMILES string of the molecule is CCOC[C@H](O)CN1CCN(C(=O)[C@H]2C[C@H]2c2cccc(C)c2)CC1. The Bertz CT molecular complexity index is 584. The fourth-order valence-corrected chi connectivity index (χ4v) is 3.73. The number of hydrogen-bond acceptors (Lipinski definition) is 4. The van der Waals surface area contributed by atoms with Crippen molar-refractivity contribution in [2.75, 3.05) is 45.9 Å². The van der Waals surface area contributed by atoms with Gasteiger partial charge >= 0.3 is 0 Å². The minimum Gasteiger partial charge on any atom is -0.389 e. The molecule has 1 aromatic carbocycles. The first-order valence-corrected chi connectivity index (χ1v) is 9.42. The van der Waals surface area contributed by atoms with Gasteiger partial charge in [-0.15, -0.1) is 0 Å². The molecule has 0 unspecified atom stereocenters. The number of carbonyl (C=O) groups excluding carboxylic acids is 1. The minimum absolute atomic E-state index is 0.164. The Labute approximate surface area is 150 Å². The van der Waals surface area contributed by atoms with Crippen molar-refractivity contribution in [3.8, 4) is 0 Å². The topological polar surface area (TPSA) is 53.0 Å². The quantitative estimate of drug-likeness (QED) is 0.815. The molecule has 0 aromatic heterocycles.